The van der Waals surface area contributed by atoms with E-state index in [4.69, 9.17) is 18.9 Å². The normalized spacial score (nSPS) is 23.1. The summed E-state index contributed by atoms with van der Waals surface area (Å²) < 4.78 is 20.4. The van der Waals surface area contributed by atoms with E-state index in [-0.39, 0.29) is 36.7 Å². The molecule has 0 N–H and O–H groups in total. The van der Waals surface area contributed by atoms with Crippen LogP contribution in [0.15, 0.2) is 40.5 Å². The lowest BCUT2D eigenvalue weighted by Gasteiger charge is -2.40. The van der Waals surface area contributed by atoms with Crippen LogP contribution in [0.25, 0.3) is 0 Å². The van der Waals surface area contributed by atoms with Crippen LogP contribution in [0.4, 0.5) is 10.5 Å². The number of rotatable bonds is 5. The standard InChI is InChI=1S/C26H27N3O8/c1-6-8-13-28-16-12-10-9-11-15(16)26-14-17(21(30)34-3)29(25(33)37-7-2)24(26)27-19(23(32)36-5)18(20(26)28)22(31)35-4/h9-12,17,20H,7,13-14H2,1-5H3/t17-,20-,26-/m0/s1. The number of carbonyl (C=O) groups is 4. The molecular weight excluding hydrogens is 482 g/mol. The minimum atomic E-state index is -1.21. The molecule has 11 nitrogen and oxygen atoms in total. The Labute approximate surface area is 214 Å². The van der Waals surface area contributed by atoms with Gasteiger partial charge in [0.05, 0.1) is 51.5 Å². The van der Waals surface area contributed by atoms with Gasteiger partial charge in [-0.05, 0) is 31.9 Å². The molecule has 0 bridgehead atoms. The van der Waals surface area contributed by atoms with Crippen molar-refractivity contribution < 1.29 is 38.1 Å². The zero-order chi connectivity index (χ0) is 26.9. The molecule has 37 heavy (non-hydrogen) atoms. The predicted molar refractivity (Wildman–Crippen MR) is 130 cm³/mol. The molecule has 3 aliphatic heterocycles. The largest absolute Gasteiger partial charge is 0.467 e. The molecule has 0 saturated carbocycles. The van der Waals surface area contributed by atoms with E-state index in [2.05, 4.69) is 16.8 Å². The number of hydrogen-bond donors (Lipinski definition) is 0. The number of ether oxygens (including phenoxy) is 4. The van der Waals surface area contributed by atoms with E-state index in [1.807, 2.05) is 29.2 Å². The van der Waals surface area contributed by atoms with Gasteiger partial charge in [-0.25, -0.2) is 29.1 Å². The number of para-hydroxylation sites is 1. The molecular formula is C26H27N3O8. The minimum absolute atomic E-state index is 0.0179. The van der Waals surface area contributed by atoms with Crippen LogP contribution in [0, 0.1) is 11.8 Å². The highest BCUT2D eigenvalue weighted by Gasteiger charge is 2.68. The molecule has 3 heterocycles. The Kier molecular flexibility index (Phi) is 6.94. The monoisotopic (exact) mass is 509 g/mol. The van der Waals surface area contributed by atoms with Gasteiger partial charge in [-0.2, -0.15) is 0 Å². The molecule has 0 unspecified atom stereocenters. The van der Waals surface area contributed by atoms with Gasteiger partial charge in [0.2, 0.25) is 0 Å². The summed E-state index contributed by atoms with van der Waals surface area (Å²) in [4.78, 5) is 60.0. The molecule has 1 aromatic rings. The number of benzene rings is 1. The number of nitrogens with zero attached hydrogens (tertiary/aromatic N) is 3. The van der Waals surface area contributed by atoms with Crippen LogP contribution < -0.4 is 4.90 Å². The van der Waals surface area contributed by atoms with Gasteiger partial charge in [-0.1, -0.05) is 24.1 Å². The molecule has 0 aromatic heterocycles. The Morgan fingerprint density at radius 2 is 1.78 bits per heavy atom. The topological polar surface area (TPSA) is 124 Å². The van der Waals surface area contributed by atoms with Crippen molar-refractivity contribution in [2.75, 3.05) is 39.4 Å². The third kappa shape index (κ3) is 3.71. The predicted octanol–water partition coefficient (Wildman–Crippen LogP) is 1.55. The second-order valence-corrected chi connectivity index (χ2v) is 8.44. The molecule has 1 spiro atoms. The molecule has 1 fully saturated rings. The van der Waals surface area contributed by atoms with Crippen molar-refractivity contribution in [3.8, 4) is 11.8 Å². The highest BCUT2D eigenvalue weighted by atomic mass is 16.6. The van der Waals surface area contributed by atoms with E-state index < -0.39 is 41.5 Å². The quantitative estimate of drug-likeness (QED) is 0.330. The number of fused-ring (bicyclic) bond motifs is 1. The average Bonchev–Trinajstić information content (AvgIpc) is 3.41. The fourth-order valence-electron chi connectivity index (χ4n) is 5.46. The number of likely N-dealkylation sites (tertiary alicyclic amines) is 1. The van der Waals surface area contributed by atoms with E-state index in [0.717, 1.165) is 12.0 Å². The number of esters is 3. The van der Waals surface area contributed by atoms with Gasteiger partial charge in [-0.15, -0.1) is 5.92 Å². The van der Waals surface area contributed by atoms with E-state index in [1.165, 1.54) is 14.2 Å². The second-order valence-electron chi connectivity index (χ2n) is 8.44. The Hall–Kier alpha value is -4.33. The van der Waals surface area contributed by atoms with Gasteiger partial charge in [0.15, 0.2) is 5.70 Å². The van der Waals surface area contributed by atoms with Crippen molar-refractivity contribution in [3.63, 3.8) is 0 Å². The lowest BCUT2D eigenvalue weighted by atomic mass is 9.69. The van der Waals surface area contributed by atoms with Crippen molar-refractivity contribution in [3.05, 3.63) is 41.1 Å². The number of carbonyl (C=O) groups excluding carboxylic acids is 4. The summed E-state index contributed by atoms with van der Waals surface area (Å²) in [6.45, 7) is 3.54. The van der Waals surface area contributed by atoms with E-state index in [0.29, 0.717) is 11.3 Å². The molecule has 1 saturated heterocycles. The van der Waals surface area contributed by atoms with Crippen LogP contribution >= 0.6 is 0 Å². The van der Waals surface area contributed by atoms with Crippen LogP contribution in [-0.4, -0.2) is 81.3 Å². The van der Waals surface area contributed by atoms with Gasteiger partial charge in [0, 0.05) is 5.69 Å². The molecule has 0 aliphatic carbocycles. The van der Waals surface area contributed by atoms with E-state index in [1.54, 1.807) is 13.8 Å². The summed E-state index contributed by atoms with van der Waals surface area (Å²) in [5, 5.41) is 0. The number of methoxy groups -OCH3 is 3. The minimum Gasteiger partial charge on any atom is -0.467 e. The van der Waals surface area contributed by atoms with Gasteiger partial charge < -0.3 is 23.8 Å². The van der Waals surface area contributed by atoms with Gasteiger partial charge in [-0.3, -0.25) is 0 Å². The summed E-state index contributed by atoms with van der Waals surface area (Å²) in [7, 11) is 3.57. The summed E-state index contributed by atoms with van der Waals surface area (Å²) in [5.41, 5.74) is -0.167. The van der Waals surface area contributed by atoms with Crippen molar-refractivity contribution in [2.24, 2.45) is 4.99 Å². The van der Waals surface area contributed by atoms with E-state index in [9.17, 15) is 19.2 Å². The molecule has 11 heteroatoms. The maximum Gasteiger partial charge on any atom is 0.416 e. The number of amides is 1. The van der Waals surface area contributed by atoms with Crippen LogP contribution in [-0.2, 0) is 38.7 Å². The molecule has 0 radical (unpaired) electrons. The fraction of sp³-hybridized carbons (Fsp3) is 0.423. The third-order valence-corrected chi connectivity index (χ3v) is 6.82. The first-order valence-electron chi connectivity index (χ1n) is 11.6. The van der Waals surface area contributed by atoms with Gasteiger partial charge >= 0.3 is 24.0 Å². The summed E-state index contributed by atoms with van der Waals surface area (Å²) >= 11 is 0. The number of anilines is 1. The fourth-order valence-corrected chi connectivity index (χ4v) is 5.46. The van der Waals surface area contributed by atoms with Crippen molar-refractivity contribution in [1.82, 2.24) is 4.90 Å². The second kappa shape index (κ2) is 9.97. The Morgan fingerprint density at radius 1 is 1.08 bits per heavy atom. The van der Waals surface area contributed by atoms with Gasteiger partial charge in [0.25, 0.3) is 0 Å². The lowest BCUT2D eigenvalue weighted by molar-refractivity contribution is -0.144. The Balaban J connectivity index is 2.11. The first-order valence-corrected chi connectivity index (χ1v) is 11.6. The maximum absolute atomic E-state index is 13.3. The summed E-state index contributed by atoms with van der Waals surface area (Å²) in [6, 6.07) is 5.31. The van der Waals surface area contributed by atoms with E-state index >= 15 is 0 Å². The highest BCUT2D eigenvalue weighted by molar-refractivity contribution is 6.16. The van der Waals surface area contributed by atoms with Crippen molar-refractivity contribution in [2.45, 2.75) is 37.8 Å². The molecule has 1 amide bonds. The molecule has 3 atom stereocenters. The zero-order valence-corrected chi connectivity index (χ0v) is 21.2. The average molecular weight is 510 g/mol. The van der Waals surface area contributed by atoms with Crippen LogP contribution in [0.2, 0.25) is 0 Å². The smallest absolute Gasteiger partial charge is 0.416 e. The number of amidine groups is 1. The molecule has 1 aromatic carbocycles. The Bertz CT molecular complexity index is 1290. The SMILES string of the molecule is CC#CCN1c2ccccc2[C@]23C[C@@H](C(=O)OC)N(C(=O)OCC)C2=NC(C(=O)OC)=C(C(=O)OC)[C@H]13. The Morgan fingerprint density at radius 3 is 2.41 bits per heavy atom. The molecule has 194 valence electrons. The summed E-state index contributed by atoms with van der Waals surface area (Å²) in [5.74, 6) is 3.58. The molecule has 3 aliphatic rings. The molecule has 4 rings (SSSR count). The number of aliphatic imine (C=N–C) groups is 1. The summed E-state index contributed by atoms with van der Waals surface area (Å²) in [6.07, 6.45) is -0.813. The van der Waals surface area contributed by atoms with Crippen LogP contribution in [0.3, 0.4) is 0 Å². The van der Waals surface area contributed by atoms with Gasteiger partial charge in [0.1, 0.15) is 11.9 Å². The highest BCUT2D eigenvalue weighted by Crippen LogP contribution is 2.57. The zero-order valence-electron chi connectivity index (χ0n) is 21.2. The number of hydrogen-bond acceptors (Lipinski definition) is 10. The van der Waals surface area contributed by atoms with Crippen molar-refractivity contribution >= 4 is 35.5 Å². The van der Waals surface area contributed by atoms with Crippen LogP contribution in [0.5, 0.6) is 0 Å². The maximum atomic E-state index is 13.3. The first kappa shape index (κ1) is 25.8. The lowest BCUT2D eigenvalue weighted by Crippen LogP contribution is -2.56. The van der Waals surface area contributed by atoms with Crippen LogP contribution in [0.1, 0.15) is 25.8 Å². The third-order valence-electron chi connectivity index (χ3n) is 6.82. The van der Waals surface area contributed by atoms with Crippen molar-refractivity contribution in [1.29, 1.82) is 0 Å². The first-order chi connectivity index (χ1) is 17.8.